The van der Waals surface area contributed by atoms with Crippen LogP contribution in [0.25, 0.3) is 0 Å². The van der Waals surface area contributed by atoms with Gasteiger partial charge in [0.25, 0.3) is 0 Å². The van der Waals surface area contributed by atoms with Gasteiger partial charge in [0.15, 0.2) is 0 Å². The van der Waals surface area contributed by atoms with E-state index in [-0.39, 0.29) is 0 Å². The fourth-order valence-corrected chi connectivity index (χ4v) is 1.67. The average molecular weight is 179 g/mol. The number of alkyl halides is 1. The first-order chi connectivity index (χ1) is 3.88. The molecule has 1 fully saturated rings. The molecule has 1 rings (SSSR count). The fraction of sp³-hybridized carbons (Fsp3) is 1.00. The number of epoxide rings is 1. The molecule has 2 heteroatoms. The molecule has 0 amide bonds. The van der Waals surface area contributed by atoms with E-state index in [1.807, 2.05) is 0 Å². The Bertz CT molecular complexity index is 66.9. The first kappa shape index (κ1) is 6.56. The molecule has 0 saturated carbocycles. The first-order valence-electron chi connectivity index (χ1n) is 3.06. The van der Waals surface area contributed by atoms with Gasteiger partial charge in [-0.2, -0.15) is 0 Å². The lowest BCUT2D eigenvalue weighted by molar-refractivity contribution is 0.341. The zero-order chi connectivity index (χ0) is 5.98. The van der Waals surface area contributed by atoms with Crippen LogP contribution in [0.4, 0.5) is 0 Å². The molecular weight excluding hydrogens is 168 g/mol. The Kier molecular flexibility index (Phi) is 2.32. The maximum absolute atomic E-state index is 5.12. The largest absolute Gasteiger partial charge is 0.373 e. The third-order valence-electron chi connectivity index (χ3n) is 1.61. The van der Waals surface area contributed by atoms with Crippen molar-refractivity contribution in [1.82, 2.24) is 0 Å². The zero-order valence-corrected chi connectivity index (χ0v) is 6.65. The van der Waals surface area contributed by atoms with Crippen LogP contribution in [0.3, 0.4) is 0 Å². The van der Waals surface area contributed by atoms with E-state index in [9.17, 15) is 0 Å². The maximum atomic E-state index is 5.12. The third-order valence-corrected chi connectivity index (χ3v) is 2.44. The summed E-state index contributed by atoms with van der Waals surface area (Å²) in [7, 11) is 0. The molecule has 1 saturated heterocycles. The number of ether oxygens (including phenoxy) is 1. The summed E-state index contributed by atoms with van der Waals surface area (Å²) >= 11 is 3.44. The smallest absolute Gasteiger partial charge is 0.0845 e. The number of hydrogen-bond donors (Lipinski definition) is 0. The summed E-state index contributed by atoms with van der Waals surface area (Å²) in [6, 6.07) is 0. The van der Waals surface area contributed by atoms with E-state index >= 15 is 0 Å². The topological polar surface area (TPSA) is 12.5 Å². The van der Waals surface area contributed by atoms with Crippen LogP contribution in [-0.4, -0.2) is 18.0 Å². The third kappa shape index (κ3) is 1.46. The quantitative estimate of drug-likeness (QED) is 0.475. The summed E-state index contributed by atoms with van der Waals surface area (Å²) in [5.41, 5.74) is 0. The minimum atomic E-state index is 0.583. The van der Waals surface area contributed by atoms with Gasteiger partial charge in [-0.3, -0.25) is 0 Å². The molecule has 2 atom stereocenters. The van der Waals surface area contributed by atoms with Gasteiger partial charge < -0.3 is 4.74 Å². The molecule has 0 aromatic carbocycles. The van der Waals surface area contributed by atoms with E-state index in [0.717, 1.165) is 17.9 Å². The monoisotopic (exact) mass is 178 g/mol. The van der Waals surface area contributed by atoms with Crippen LogP contribution in [0.15, 0.2) is 0 Å². The highest BCUT2D eigenvalue weighted by Crippen LogP contribution is 2.24. The molecule has 2 unspecified atom stereocenters. The Hall–Kier alpha value is 0.440. The van der Waals surface area contributed by atoms with Gasteiger partial charge in [-0.05, 0) is 12.3 Å². The Labute approximate surface area is 58.5 Å². The lowest BCUT2D eigenvalue weighted by atomic mass is 10.1. The Morgan fingerprint density at radius 3 is 2.62 bits per heavy atom. The average Bonchev–Trinajstić information content (AvgIpc) is 2.53. The van der Waals surface area contributed by atoms with Crippen LogP contribution in [0, 0.1) is 5.92 Å². The molecule has 0 bridgehead atoms. The number of hydrogen-bond acceptors (Lipinski definition) is 1. The number of rotatable bonds is 3. The predicted octanol–water partition coefficient (Wildman–Crippen LogP) is 1.81. The summed E-state index contributed by atoms with van der Waals surface area (Å²) < 4.78 is 5.12. The second kappa shape index (κ2) is 2.83. The van der Waals surface area contributed by atoms with Gasteiger partial charge in [0, 0.05) is 5.33 Å². The van der Waals surface area contributed by atoms with Gasteiger partial charge in [0.05, 0.1) is 12.7 Å². The summed E-state index contributed by atoms with van der Waals surface area (Å²) in [6.07, 6.45) is 1.81. The zero-order valence-electron chi connectivity index (χ0n) is 5.06. The summed E-state index contributed by atoms with van der Waals surface area (Å²) in [4.78, 5) is 0. The summed E-state index contributed by atoms with van der Waals surface area (Å²) in [5.74, 6) is 0.759. The number of halogens is 1. The molecule has 1 aliphatic rings. The predicted molar refractivity (Wildman–Crippen MR) is 37.3 cm³/mol. The molecule has 1 nitrogen and oxygen atoms in total. The van der Waals surface area contributed by atoms with Crippen molar-refractivity contribution in [2.75, 3.05) is 11.9 Å². The van der Waals surface area contributed by atoms with Crippen molar-refractivity contribution < 1.29 is 4.74 Å². The van der Waals surface area contributed by atoms with Gasteiger partial charge >= 0.3 is 0 Å². The molecule has 0 N–H and O–H groups in total. The molecule has 48 valence electrons. The van der Waals surface area contributed by atoms with E-state index in [4.69, 9.17) is 4.74 Å². The standard InChI is InChI=1S/C6H11BrO/c1-2-5(3-7)6-4-8-6/h5-6H,2-4H2,1H3. The fourth-order valence-electron chi connectivity index (χ4n) is 0.799. The Morgan fingerprint density at radius 1 is 1.88 bits per heavy atom. The second-order valence-electron chi connectivity index (χ2n) is 2.19. The van der Waals surface area contributed by atoms with Crippen molar-refractivity contribution in [1.29, 1.82) is 0 Å². The van der Waals surface area contributed by atoms with Crippen LogP contribution in [0.2, 0.25) is 0 Å². The lowest BCUT2D eigenvalue weighted by Gasteiger charge is -2.04. The van der Waals surface area contributed by atoms with Gasteiger partial charge in [0.1, 0.15) is 0 Å². The molecule has 8 heavy (non-hydrogen) atoms. The minimum Gasteiger partial charge on any atom is -0.373 e. The van der Waals surface area contributed by atoms with Gasteiger partial charge in [-0.25, -0.2) is 0 Å². The molecule has 1 heterocycles. The van der Waals surface area contributed by atoms with Crippen LogP contribution in [0.1, 0.15) is 13.3 Å². The van der Waals surface area contributed by atoms with Crippen LogP contribution in [0.5, 0.6) is 0 Å². The highest BCUT2D eigenvalue weighted by molar-refractivity contribution is 9.09. The van der Waals surface area contributed by atoms with E-state index < -0.39 is 0 Å². The molecule has 0 radical (unpaired) electrons. The lowest BCUT2D eigenvalue weighted by Crippen LogP contribution is -2.07. The molecule has 1 aliphatic heterocycles. The normalized spacial score (nSPS) is 30.0. The SMILES string of the molecule is CCC(CBr)C1CO1. The van der Waals surface area contributed by atoms with Crippen LogP contribution >= 0.6 is 15.9 Å². The highest BCUT2D eigenvalue weighted by Gasteiger charge is 2.30. The van der Waals surface area contributed by atoms with Gasteiger partial charge in [0.2, 0.25) is 0 Å². The summed E-state index contributed by atoms with van der Waals surface area (Å²) in [6.45, 7) is 3.19. The molecule has 0 spiro atoms. The van der Waals surface area contributed by atoms with Crippen LogP contribution in [-0.2, 0) is 4.74 Å². The van der Waals surface area contributed by atoms with E-state index in [1.54, 1.807) is 0 Å². The van der Waals surface area contributed by atoms with E-state index in [0.29, 0.717) is 6.10 Å². The molecule has 0 aliphatic carbocycles. The van der Waals surface area contributed by atoms with E-state index in [1.165, 1.54) is 6.42 Å². The Morgan fingerprint density at radius 2 is 2.50 bits per heavy atom. The van der Waals surface area contributed by atoms with Crippen molar-refractivity contribution in [2.24, 2.45) is 5.92 Å². The van der Waals surface area contributed by atoms with Crippen molar-refractivity contribution >= 4 is 15.9 Å². The van der Waals surface area contributed by atoms with E-state index in [2.05, 4.69) is 22.9 Å². The minimum absolute atomic E-state index is 0.583. The van der Waals surface area contributed by atoms with Crippen molar-refractivity contribution in [3.05, 3.63) is 0 Å². The highest BCUT2D eigenvalue weighted by atomic mass is 79.9. The van der Waals surface area contributed by atoms with Crippen molar-refractivity contribution in [3.63, 3.8) is 0 Å². The maximum Gasteiger partial charge on any atom is 0.0845 e. The first-order valence-corrected chi connectivity index (χ1v) is 4.18. The second-order valence-corrected chi connectivity index (χ2v) is 2.84. The van der Waals surface area contributed by atoms with Crippen LogP contribution < -0.4 is 0 Å². The van der Waals surface area contributed by atoms with Crippen molar-refractivity contribution in [3.8, 4) is 0 Å². The van der Waals surface area contributed by atoms with Crippen molar-refractivity contribution in [2.45, 2.75) is 19.4 Å². The van der Waals surface area contributed by atoms with Gasteiger partial charge in [-0.1, -0.05) is 22.9 Å². The Balaban J connectivity index is 2.15. The van der Waals surface area contributed by atoms with Gasteiger partial charge in [-0.15, -0.1) is 0 Å². The molecule has 0 aromatic heterocycles. The molecular formula is C6H11BrO. The summed E-state index contributed by atoms with van der Waals surface area (Å²) in [5, 5.41) is 1.09. The molecule has 0 aromatic rings.